The van der Waals surface area contributed by atoms with Crippen LogP contribution in [0.25, 0.3) is 0 Å². The van der Waals surface area contributed by atoms with Crippen LogP contribution >= 0.6 is 0 Å². The number of hydrogen-bond acceptors (Lipinski definition) is 5. The lowest BCUT2D eigenvalue weighted by Gasteiger charge is -2.22. The predicted molar refractivity (Wildman–Crippen MR) is 74.2 cm³/mol. The molecular formula is C13H22N4O2. The number of rotatable bonds is 7. The average molecular weight is 266 g/mol. The number of amides is 1. The van der Waals surface area contributed by atoms with Crippen molar-refractivity contribution in [3.8, 4) is 0 Å². The van der Waals surface area contributed by atoms with Gasteiger partial charge in [0.25, 0.3) is 5.91 Å². The lowest BCUT2D eigenvalue weighted by atomic mass is 10.1. The summed E-state index contributed by atoms with van der Waals surface area (Å²) in [5, 5.41) is 13.7. The number of nitrogens with zero attached hydrogens (tertiary/aromatic N) is 2. The van der Waals surface area contributed by atoms with E-state index in [1.165, 1.54) is 0 Å². The van der Waals surface area contributed by atoms with Crippen LogP contribution in [0.5, 0.6) is 0 Å². The van der Waals surface area contributed by atoms with Gasteiger partial charge in [0.1, 0.15) is 5.82 Å². The van der Waals surface area contributed by atoms with Gasteiger partial charge in [-0.3, -0.25) is 4.79 Å². The van der Waals surface area contributed by atoms with E-state index in [1.54, 1.807) is 19.2 Å². The van der Waals surface area contributed by atoms with Crippen molar-refractivity contribution in [2.75, 3.05) is 25.5 Å². The topological polar surface area (TPSA) is 76.1 Å². The minimum Gasteiger partial charge on any atom is -0.377 e. The van der Waals surface area contributed by atoms with Gasteiger partial charge in [-0.15, -0.1) is 10.2 Å². The van der Waals surface area contributed by atoms with E-state index < -0.39 is 5.60 Å². The quantitative estimate of drug-likeness (QED) is 0.781. The number of ether oxygens (including phenoxy) is 1. The van der Waals surface area contributed by atoms with Crippen molar-refractivity contribution in [3.05, 3.63) is 17.8 Å². The molecule has 1 amide bonds. The van der Waals surface area contributed by atoms with Gasteiger partial charge in [-0.1, -0.05) is 6.92 Å². The molecule has 6 heteroatoms. The maximum absolute atomic E-state index is 11.8. The molecule has 1 heterocycles. The van der Waals surface area contributed by atoms with Crippen molar-refractivity contribution in [2.45, 2.75) is 32.8 Å². The number of hydrogen-bond donors (Lipinski definition) is 2. The van der Waals surface area contributed by atoms with Gasteiger partial charge in [-0.05, 0) is 32.4 Å². The normalized spacial score (nSPS) is 11.2. The van der Waals surface area contributed by atoms with Crippen LogP contribution in [0.2, 0.25) is 0 Å². The van der Waals surface area contributed by atoms with Crippen LogP contribution in [0.4, 0.5) is 5.82 Å². The lowest BCUT2D eigenvalue weighted by molar-refractivity contribution is 0.0228. The molecule has 0 aliphatic heterocycles. The zero-order valence-corrected chi connectivity index (χ0v) is 12.0. The number of carbonyl (C=O) groups is 1. The molecule has 0 atom stereocenters. The molecule has 19 heavy (non-hydrogen) atoms. The summed E-state index contributed by atoms with van der Waals surface area (Å²) in [7, 11) is 1.61. The second kappa shape index (κ2) is 7.04. The summed E-state index contributed by atoms with van der Waals surface area (Å²) >= 11 is 0. The molecule has 0 radical (unpaired) electrons. The van der Waals surface area contributed by atoms with E-state index in [1.807, 2.05) is 13.8 Å². The van der Waals surface area contributed by atoms with Gasteiger partial charge >= 0.3 is 0 Å². The van der Waals surface area contributed by atoms with Crippen LogP contribution in [0.15, 0.2) is 12.1 Å². The molecule has 106 valence electrons. The molecule has 0 saturated heterocycles. The molecule has 0 bridgehead atoms. The fourth-order valence-electron chi connectivity index (χ4n) is 1.26. The van der Waals surface area contributed by atoms with Crippen molar-refractivity contribution < 1.29 is 9.53 Å². The molecule has 1 aromatic rings. The molecule has 0 unspecified atom stereocenters. The summed E-state index contributed by atoms with van der Waals surface area (Å²) in [6.07, 6.45) is 1.01. The van der Waals surface area contributed by atoms with Crippen molar-refractivity contribution >= 4 is 11.7 Å². The first kappa shape index (κ1) is 15.4. The molecule has 0 saturated carbocycles. The maximum atomic E-state index is 11.8. The van der Waals surface area contributed by atoms with Crippen LogP contribution in [0.3, 0.4) is 0 Å². The SMILES string of the molecule is CCCNc1ccc(C(=O)NCC(C)(C)OC)nn1. The summed E-state index contributed by atoms with van der Waals surface area (Å²) in [6.45, 7) is 7.12. The fourth-order valence-corrected chi connectivity index (χ4v) is 1.26. The number of anilines is 1. The third-order valence-electron chi connectivity index (χ3n) is 2.68. The summed E-state index contributed by atoms with van der Waals surface area (Å²) in [5.74, 6) is 0.426. The number of nitrogens with one attached hydrogen (secondary N) is 2. The van der Waals surface area contributed by atoms with Crippen LogP contribution in [0, 0.1) is 0 Å². The van der Waals surface area contributed by atoms with Crippen molar-refractivity contribution in [1.29, 1.82) is 0 Å². The highest BCUT2D eigenvalue weighted by Crippen LogP contribution is 2.06. The third kappa shape index (κ3) is 5.21. The molecule has 0 spiro atoms. The van der Waals surface area contributed by atoms with Crippen LogP contribution in [0.1, 0.15) is 37.7 Å². The minimum absolute atomic E-state index is 0.250. The average Bonchev–Trinajstić information content (AvgIpc) is 2.43. The first-order valence-electron chi connectivity index (χ1n) is 6.39. The smallest absolute Gasteiger partial charge is 0.271 e. The number of aromatic nitrogens is 2. The van der Waals surface area contributed by atoms with Gasteiger partial charge in [-0.25, -0.2) is 0 Å². The second-order valence-corrected chi connectivity index (χ2v) is 4.88. The molecule has 0 aliphatic carbocycles. The fraction of sp³-hybridized carbons (Fsp3) is 0.615. The van der Waals surface area contributed by atoms with Gasteiger partial charge in [-0.2, -0.15) is 0 Å². The van der Waals surface area contributed by atoms with E-state index in [-0.39, 0.29) is 5.91 Å². The number of carbonyl (C=O) groups excluding carboxylic acids is 1. The Balaban J connectivity index is 2.53. The van der Waals surface area contributed by atoms with Gasteiger partial charge in [0.15, 0.2) is 5.69 Å². The second-order valence-electron chi connectivity index (χ2n) is 4.88. The van der Waals surface area contributed by atoms with Gasteiger partial charge in [0.2, 0.25) is 0 Å². The monoisotopic (exact) mass is 266 g/mol. The Kier molecular flexibility index (Phi) is 5.69. The highest BCUT2D eigenvalue weighted by molar-refractivity contribution is 5.92. The molecular weight excluding hydrogens is 244 g/mol. The minimum atomic E-state index is -0.397. The Bertz CT molecular complexity index is 404. The Labute approximate surface area is 113 Å². The Morgan fingerprint density at radius 1 is 1.37 bits per heavy atom. The number of methoxy groups -OCH3 is 1. The lowest BCUT2D eigenvalue weighted by Crippen LogP contribution is -2.40. The highest BCUT2D eigenvalue weighted by Gasteiger charge is 2.18. The largest absolute Gasteiger partial charge is 0.377 e. The van der Waals surface area contributed by atoms with Crippen molar-refractivity contribution in [2.24, 2.45) is 0 Å². The van der Waals surface area contributed by atoms with Gasteiger partial charge in [0, 0.05) is 20.2 Å². The summed E-state index contributed by atoms with van der Waals surface area (Å²) < 4.78 is 5.23. The zero-order chi connectivity index (χ0) is 14.3. The Morgan fingerprint density at radius 3 is 2.63 bits per heavy atom. The molecule has 1 aromatic heterocycles. The van der Waals surface area contributed by atoms with E-state index >= 15 is 0 Å². The highest BCUT2D eigenvalue weighted by atomic mass is 16.5. The Hall–Kier alpha value is -1.69. The van der Waals surface area contributed by atoms with E-state index in [9.17, 15) is 4.79 Å². The van der Waals surface area contributed by atoms with E-state index in [0.29, 0.717) is 18.1 Å². The van der Waals surface area contributed by atoms with Crippen LogP contribution < -0.4 is 10.6 Å². The molecule has 0 aliphatic rings. The Morgan fingerprint density at radius 2 is 2.11 bits per heavy atom. The maximum Gasteiger partial charge on any atom is 0.271 e. The first-order valence-corrected chi connectivity index (χ1v) is 6.39. The van der Waals surface area contributed by atoms with E-state index in [2.05, 4.69) is 27.8 Å². The zero-order valence-electron chi connectivity index (χ0n) is 12.0. The van der Waals surface area contributed by atoms with Crippen LogP contribution in [-0.4, -0.2) is 41.9 Å². The third-order valence-corrected chi connectivity index (χ3v) is 2.68. The summed E-state index contributed by atoms with van der Waals surface area (Å²) in [4.78, 5) is 11.8. The van der Waals surface area contributed by atoms with Gasteiger partial charge < -0.3 is 15.4 Å². The summed E-state index contributed by atoms with van der Waals surface area (Å²) in [6, 6.07) is 3.40. The van der Waals surface area contributed by atoms with Crippen LogP contribution in [-0.2, 0) is 4.74 Å². The van der Waals surface area contributed by atoms with Crippen molar-refractivity contribution in [3.63, 3.8) is 0 Å². The summed E-state index contributed by atoms with van der Waals surface area (Å²) in [5.41, 5.74) is -0.0972. The van der Waals surface area contributed by atoms with Crippen molar-refractivity contribution in [1.82, 2.24) is 15.5 Å². The molecule has 6 nitrogen and oxygen atoms in total. The molecule has 1 rings (SSSR count). The van der Waals surface area contributed by atoms with Gasteiger partial charge in [0.05, 0.1) is 5.60 Å². The van der Waals surface area contributed by atoms with E-state index in [4.69, 9.17) is 4.74 Å². The predicted octanol–water partition coefficient (Wildman–Crippen LogP) is 1.45. The standard InChI is InChI=1S/C13H22N4O2/c1-5-8-14-11-7-6-10(16-17-11)12(18)15-9-13(2,3)19-4/h6-7H,5,8-9H2,1-4H3,(H,14,17)(H,15,18). The first-order chi connectivity index (χ1) is 8.98. The van der Waals surface area contributed by atoms with E-state index in [0.717, 1.165) is 13.0 Å². The molecule has 2 N–H and O–H groups in total. The molecule has 0 fully saturated rings. The molecule has 0 aromatic carbocycles.